The van der Waals surface area contributed by atoms with Gasteiger partial charge in [0.25, 0.3) is 0 Å². The summed E-state index contributed by atoms with van der Waals surface area (Å²) in [5.74, 6) is -2.07. The van der Waals surface area contributed by atoms with Gasteiger partial charge in [-0.3, -0.25) is 0 Å². The number of alkyl halides is 5. The van der Waals surface area contributed by atoms with Crippen molar-refractivity contribution in [3.8, 4) is 17.2 Å². The van der Waals surface area contributed by atoms with E-state index in [1.54, 1.807) is 30.3 Å². The standard InChI is InChI=1S/C23H18F6O3/c24-20-11-6-15(12-21(20)31-17-4-2-1-3-5-17)13-30-14-19(22(25)26)16-7-9-18(10-8-16)32-23(27,28)29/h1-12,19,22H,13-14H2. The largest absolute Gasteiger partial charge is 0.573 e. The lowest BCUT2D eigenvalue weighted by Gasteiger charge is -2.18. The highest BCUT2D eigenvalue weighted by Crippen LogP contribution is 2.29. The number of halogens is 6. The zero-order chi connectivity index (χ0) is 23.1. The first-order chi connectivity index (χ1) is 15.2. The first kappa shape index (κ1) is 23.5. The minimum Gasteiger partial charge on any atom is -0.454 e. The smallest absolute Gasteiger partial charge is 0.454 e. The second kappa shape index (κ2) is 10.4. The van der Waals surface area contributed by atoms with Gasteiger partial charge in [-0.15, -0.1) is 13.2 Å². The van der Waals surface area contributed by atoms with Crippen LogP contribution in [0.15, 0.2) is 72.8 Å². The molecule has 9 heteroatoms. The van der Waals surface area contributed by atoms with Crippen LogP contribution < -0.4 is 9.47 Å². The van der Waals surface area contributed by atoms with Crippen LogP contribution in [0.2, 0.25) is 0 Å². The van der Waals surface area contributed by atoms with E-state index in [4.69, 9.17) is 9.47 Å². The van der Waals surface area contributed by atoms with Crippen molar-refractivity contribution in [2.24, 2.45) is 0 Å². The average Bonchev–Trinajstić information content (AvgIpc) is 2.74. The fourth-order valence-corrected chi connectivity index (χ4v) is 2.87. The van der Waals surface area contributed by atoms with E-state index in [9.17, 15) is 26.3 Å². The van der Waals surface area contributed by atoms with Gasteiger partial charge in [-0.05, 0) is 47.5 Å². The first-order valence-corrected chi connectivity index (χ1v) is 9.44. The highest BCUT2D eigenvalue weighted by molar-refractivity contribution is 5.35. The lowest BCUT2D eigenvalue weighted by atomic mass is 10.0. The third-order valence-corrected chi connectivity index (χ3v) is 4.38. The molecule has 0 N–H and O–H groups in total. The van der Waals surface area contributed by atoms with Crippen LogP contribution in [0, 0.1) is 5.82 Å². The van der Waals surface area contributed by atoms with Gasteiger partial charge >= 0.3 is 6.36 Å². The molecule has 0 saturated heterocycles. The minimum absolute atomic E-state index is 0.0389. The zero-order valence-electron chi connectivity index (χ0n) is 16.5. The Kier molecular flexibility index (Phi) is 7.63. The number of hydrogen-bond acceptors (Lipinski definition) is 3. The number of para-hydroxylation sites is 1. The molecule has 0 saturated carbocycles. The Labute approximate surface area is 180 Å². The van der Waals surface area contributed by atoms with E-state index < -0.39 is 36.9 Å². The van der Waals surface area contributed by atoms with Gasteiger partial charge in [0, 0.05) is 0 Å². The van der Waals surface area contributed by atoms with Crippen molar-refractivity contribution in [3.05, 3.63) is 89.7 Å². The van der Waals surface area contributed by atoms with E-state index >= 15 is 0 Å². The fraction of sp³-hybridized carbons (Fsp3) is 0.217. The quantitative estimate of drug-likeness (QED) is 0.322. The Bertz CT molecular complexity index is 991. The molecule has 1 unspecified atom stereocenters. The van der Waals surface area contributed by atoms with E-state index in [2.05, 4.69) is 4.74 Å². The molecular formula is C23H18F6O3. The second-order valence-electron chi connectivity index (χ2n) is 6.75. The molecule has 32 heavy (non-hydrogen) atoms. The third kappa shape index (κ3) is 6.91. The van der Waals surface area contributed by atoms with Gasteiger partial charge in [0.05, 0.1) is 19.1 Å². The van der Waals surface area contributed by atoms with E-state index in [1.807, 2.05) is 0 Å². The zero-order valence-corrected chi connectivity index (χ0v) is 16.5. The highest BCUT2D eigenvalue weighted by Gasteiger charge is 2.31. The summed E-state index contributed by atoms with van der Waals surface area (Å²) in [6, 6.07) is 16.8. The van der Waals surface area contributed by atoms with Crippen molar-refractivity contribution in [2.75, 3.05) is 6.61 Å². The number of ether oxygens (including phenoxy) is 3. The van der Waals surface area contributed by atoms with Gasteiger partial charge in [0.15, 0.2) is 11.6 Å². The van der Waals surface area contributed by atoms with Gasteiger partial charge in [-0.1, -0.05) is 36.4 Å². The molecule has 0 heterocycles. The molecule has 3 nitrogen and oxygen atoms in total. The Morgan fingerprint density at radius 2 is 1.50 bits per heavy atom. The molecule has 0 amide bonds. The molecule has 1 atom stereocenters. The van der Waals surface area contributed by atoms with Crippen molar-refractivity contribution in [1.29, 1.82) is 0 Å². The van der Waals surface area contributed by atoms with Gasteiger partial charge < -0.3 is 14.2 Å². The van der Waals surface area contributed by atoms with Crippen LogP contribution in [0.5, 0.6) is 17.2 Å². The van der Waals surface area contributed by atoms with Crippen LogP contribution >= 0.6 is 0 Å². The number of hydrogen-bond donors (Lipinski definition) is 0. The molecule has 0 aromatic heterocycles. The summed E-state index contributed by atoms with van der Waals surface area (Å²) in [6.45, 7) is -0.493. The van der Waals surface area contributed by atoms with Crippen LogP contribution in [-0.4, -0.2) is 19.4 Å². The molecule has 0 aliphatic heterocycles. The Morgan fingerprint density at radius 3 is 2.12 bits per heavy atom. The summed E-state index contributed by atoms with van der Waals surface area (Å²) in [7, 11) is 0. The van der Waals surface area contributed by atoms with Crippen LogP contribution in [0.4, 0.5) is 26.3 Å². The molecule has 3 aromatic rings. The summed E-state index contributed by atoms with van der Waals surface area (Å²) < 4.78 is 92.3. The molecule has 0 radical (unpaired) electrons. The Morgan fingerprint density at radius 1 is 0.812 bits per heavy atom. The van der Waals surface area contributed by atoms with Crippen LogP contribution in [0.3, 0.4) is 0 Å². The molecule has 3 rings (SSSR count). The molecule has 0 aliphatic rings. The van der Waals surface area contributed by atoms with E-state index in [0.29, 0.717) is 11.3 Å². The maximum Gasteiger partial charge on any atom is 0.573 e. The maximum absolute atomic E-state index is 14.0. The molecule has 0 bridgehead atoms. The highest BCUT2D eigenvalue weighted by atomic mass is 19.4. The van der Waals surface area contributed by atoms with Gasteiger partial charge in [0.2, 0.25) is 6.43 Å². The van der Waals surface area contributed by atoms with Gasteiger partial charge in [-0.25, -0.2) is 13.2 Å². The number of benzene rings is 3. The fourth-order valence-electron chi connectivity index (χ4n) is 2.87. The van der Waals surface area contributed by atoms with Crippen LogP contribution in [-0.2, 0) is 11.3 Å². The van der Waals surface area contributed by atoms with Gasteiger partial charge in [0.1, 0.15) is 11.5 Å². The summed E-state index contributed by atoms with van der Waals surface area (Å²) >= 11 is 0. The monoisotopic (exact) mass is 456 g/mol. The Balaban J connectivity index is 1.61. The first-order valence-electron chi connectivity index (χ1n) is 9.44. The van der Waals surface area contributed by atoms with Crippen molar-refractivity contribution in [2.45, 2.75) is 25.3 Å². The lowest BCUT2D eigenvalue weighted by molar-refractivity contribution is -0.274. The lowest BCUT2D eigenvalue weighted by Crippen LogP contribution is -2.18. The van der Waals surface area contributed by atoms with E-state index in [-0.39, 0.29) is 17.9 Å². The predicted molar refractivity (Wildman–Crippen MR) is 104 cm³/mol. The Hall–Kier alpha value is -3.20. The SMILES string of the molecule is Fc1ccc(COCC(c2ccc(OC(F)(F)F)cc2)C(F)F)cc1Oc1ccccc1. The molecule has 0 fully saturated rings. The van der Waals surface area contributed by atoms with E-state index in [1.165, 1.54) is 18.2 Å². The molecule has 3 aromatic carbocycles. The summed E-state index contributed by atoms with van der Waals surface area (Å²) in [6.07, 6.45) is -7.68. The summed E-state index contributed by atoms with van der Waals surface area (Å²) in [5.41, 5.74) is 0.598. The maximum atomic E-state index is 14.0. The van der Waals surface area contributed by atoms with Crippen LogP contribution in [0.1, 0.15) is 17.0 Å². The normalized spacial score (nSPS) is 12.6. The molecule has 0 spiro atoms. The van der Waals surface area contributed by atoms with Crippen molar-refractivity contribution < 1.29 is 40.6 Å². The van der Waals surface area contributed by atoms with Crippen molar-refractivity contribution in [1.82, 2.24) is 0 Å². The predicted octanol–water partition coefficient (Wildman–Crippen LogP) is 7.08. The summed E-state index contributed by atoms with van der Waals surface area (Å²) in [5, 5.41) is 0. The molecular weight excluding hydrogens is 438 g/mol. The van der Waals surface area contributed by atoms with Crippen LogP contribution in [0.25, 0.3) is 0 Å². The van der Waals surface area contributed by atoms with E-state index in [0.717, 1.165) is 24.3 Å². The third-order valence-electron chi connectivity index (χ3n) is 4.38. The summed E-state index contributed by atoms with van der Waals surface area (Å²) in [4.78, 5) is 0. The van der Waals surface area contributed by atoms with Crippen molar-refractivity contribution in [3.63, 3.8) is 0 Å². The minimum atomic E-state index is -4.87. The molecule has 0 aliphatic carbocycles. The van der Waals surface area contributed by atoms with Gasteiger partial charge in [-0.2, -0.15) is 0 Å². The number of rotatable bonds is 9. The second-order valence-corrected chi connectivity index (χ2v) is 6.75. The average molecular weight is 456 g/mol. The molecule has 170 valence electrons. The topological polar surface area (TPSA) is 27.7 Å². The van der Waals surface area contributed by atoms with Crippen molar-refractivity contribution >= 4 is 0 Å².